The van der Waals surface area contributed by atoms with Gasteiger partial charge in [-0.15, -0.1) is 0 Å². The zero-order chi connectivity index (χ0) is 13.7. The Balaban J connectivity index is 1.86. The highest BCUT2D eigenvalue weighted by molar-refractivity contribution is 4.88. The smallest absolute Gasteiger partial charge is 0.0585 e. The first kappa shape index (κ1) is 15.3. The van der Waals surface area contributed by atoms with E-state index in [4.69, 9.17) is 9.47 Å². The second-order valence-electron chi connectivity index (χ2n) is 6.99. The SMILES string of the molecule is CC(C)CNCC1(CC2CCC(C)O2)CCOCC1. The van der Waals surface area contributed by atoms with Gasteiger partial charge in [-0.25, -0.2) is 0 Å². The summed E-state index contributed by atoms with van der Waals surface area (Å²) in [6.45, 7) is 10.8. The largest absolute Gasteiger partial charge is 0.381 e. The molecule has 3 heteroatoms. The molecule has 2 aliphatic heterocycles. The van der Waals surface area contributed by atoms with E-state index in [0.717, 1.165) is 32.2 Å². The van der Waals surface area contributed by atoms with Crippen LogP contribution in [0.25, 0.3) is 0 Å². The van der Waals surface area contributed by atoms with Crippen molar-refractivity contribution in [3.63, 3.8) is 0 Å². The van der Waals surface area contributed by atoms with Crippen LogP contribution in [0, 0.1) is 11.3 Å². The Bertz CT molecular complexity index is 261. The molecule has 3 nitrogen and oxygen atoms in total. The van der Waals surface area contributed by atoms with Crippen molar-refractivity contribution in [3.05, 3.63) is 0 Å². The fourth-order valence-electron chi connectivity index (χ4n) is 3.40. The standard InChI is InChI=1S/C16H31NO2/c1-13(2)11-17-12-16(6-8-18-9-7-16)10-15-5-4-14(3)19-15/h13-15,17H,4-12H2,1-3H3. The van der Waals surface area contributed by atoms with Crippen LogP contribution in [-0.4, -0.2) is 38.5 Å². The van der Waals surface area contributed by atoms with E-state index in [9.17, 15) is 0 Å². The molecule has 19 heavy (non-hydrogen) atoms. The lowest BCUT2D eigenvalue weighted by atomic mass is 9.75. The molecule has 2 saturated heterocycles. The Kier molecular flexibility index (Phi) is 5.67. The summed E-state index contributed by atoms with van der Waals surface area (Å²) in [5, 5.41) is 3.67. The fourth-order valence-corrected chi connectivity index (χ4v) is 3.40. The third-order valence-electron chi connectivity index (χ3n) is 4.59. The van der Waals surface area contributed by atoms with Crippen molar-refractivity contribution >= 4 is 0 Å². The van der Waals surface area contributed by atoms with Crippen LogP contribution < -0.4 is 5.32 Å². The lowest BCUT2D eigenvalue weighted by Gasteiger charge is -2.39. The van der Waals surface area contributed by atoms with Crippen molar-refractivity contribution in [3.8, 4) is 0 Å². The molecule has 2 rings (SSSR count). The van der Waals surface area contributed by atoms with Gasteiger partial charge in [-0.05, 0) is 56.9 Å². The highest BCUT2D eigenvalue weighted by atomic mass is 16.5. The maximum absolute atomic E-state index is 6.05. The summed E-state index contributed by atoms with van der Waals surface area (Å²) in [4.78, 5) is 0. The van der Waals surface area contributed by atoms with Gasteiger partial charge in [0.15, 0.2) is 0 Å². The maximum atomic E-state index is 6.05. The lowest BCUT2D eigenvalue weighted by Crippen LogP contribution is -2.42. The molecule has 0 aromatic carbocycles. The maximum Gasteiger partial charge on any atom is 0.0585 e. The number of ether oxygens (including phenoxy) is 2. The number of hydrogen-bond donors (Lipinski definition) is 1. The van der Waals surface area contributed by atoms with Crippen molar-refractivity contribution in [2.45, 2.75) is 65.1 Å². The van der Waals surface area contributed by atoms with E-state index in [1.807, 2.05) is 0 Å². The average Bonchev–Trinajstić information content (AvgIpc) is 2.75. The van der Waals surface area contributed by atoms with Crippen molar-refractivity contribution in [1.29, 1.82) is 0 Å². The summed E-state index contributed by atoms with van der Waals surface area (Å²) in [7, 11) is 0. The Morgan fingerprint density at radius 2 is 1.95 bits per heavy atom. The van der Waals surface area contributed by atoms with Crippen LogP contribution in [-0.2, 0) is 9.47 Å². The van der Waals surface area contributed by atoms with E-state index in [1.165, 1.54) is 32.1 Å². The molecule has 0 bridgehead atoms. The van der Waals surface area contributed by atoms with E-state index in [0.29, 0.717) is 17.6 Å². The molecule has 0 saturated carbocycles. The first-order valence-electron chi connectivity index (χ1n) is 8.04. The summed E-state index contributed by atoms with van der Waals surface area (Å²) >= 11 is 0. The lowest BCUT2D eigenvalue weighted by molar-refractivity contribution is -0.0303. The Labute approximate surface area is 118 Å². The molecule has 0 spiro atoms. The molecule has 0 aliphatic carbocycles. The van der Waals surface area contributed by atoms with E-state index >= 15 is 0 Å². The van der Waals surface area contributed by atoms with Gasteiger partial charge in [0.05, 0.1) is 12.2 Å². The molecule has 0 radical (unpaired) electrons. The van der Waals surface area contributed by atoms with Gasteiger partial charge in [-0.2, -0.15) is 0 Å². The van der Waals surface area contributed by atoms with Crippen LogP contribution in [0.4, 0.5) is 0 Å². The van der Waals surface area contributed by atoms with Gasteiger partial charge in [0.25, 0.3) is 0 Å². The number of rotatable bonds is 6. The zero-order valence-corrected chi connectivity index (χ0v) is 12.9. The van der Waals surface area contributed by atoms with Crippen LogP contribution in [0.2, 0.25) is 0 Å². The van der Waals surface area contributed by atoms with Crippen LogP contribution >= 0.6 is 0 Å². The summed E-state index contributed by atoms with van der Waals surface area (Å²) < 4.78 is 11.6. The Morgan fingerprint density at radius 1 is 1.21 bits per heavy atom. The van der Waals surface area contributed by atoms with E-state index < -0.39 is 0 Å². The first-order valence-corrected chi connectivity index (χ1v) is 8.04. The molecule has 0 aromatic rings. The topological polar surface area (TPSA) is 30.5 Å². The number of nitrogens with one attached hydrogen (secondary N) is 1. The van der Waals surface area contributed by atoms with Crippen molar-refractivity contribution in [2.75, 3.05) is 26.3 Å². The first-order chi connectivity index (χ1) is 9.10. The normalized spacial score (nSPS) is 30.9. The van der Waals surface area contributed by atoms with Gasteiger partial charge in [0.2, 0.25) is 0 Å². The van der Waals surface area contributed by atoms with Crippen LogP contribution in [0.1, 0.15) is 52.9 Å². The molecule has 0 aromatic heterocycles. The minimum atomic E-state index is 0.405. The quantitative estimate of drug-likeness (QED) is 0.804. The molecule has 2 heterocycles. The fraction of sp³-hybridized carbons (Fsp3) is 1.00. The van der Waals surface area contributed by atoms with Gasteiger partial charge >= 0.3 is 0 Å². The van der Waals surface area contributed by atoms with Crippen molar-refractivity contribution in [1.82, 2.24) is 5.32 Å². The average molecular weight is 269 g/mol. The highest BCUT2D eigenvalue weighted by Crippen LogP contribution is 2.38. The Hall–Kier alpha value is -0.120. The van der Waals surface area contributed by atoms with E-state index in [-0.39, 0.29) is 0 Å². The van der Waals surface area contributed by atoms with Crippen LogP contribution in [0.5, 0.6) is 0 Å². The second kappa shape index (κ2) is 7.05. The molecule has 0 amide bonds. The van der Waals surface area contributed by atoms with Gasteiger partial charge in [0.1, 0.15) is 0 Å². The molecule has 2 unspecified atom stereocenters. The summed E-state index contributed by atoms with van der Waals surface area (Å²) in [5.41, 5.74) is 0.405. The second-order valence-corrected chi connectivity index (χ2v) is 6.99. The molecule has 2 aliphatic rings. The van der Waals surface area contributed by atoms with Gasteiger partial charge in [0, 0.05) is 19.8 Å². The molecule has 1 N–H and O–H groups in total. The molecule has 112 valence electrons. The van der Waals surface area contributed by atoms with Crippen LogP contribution in [0.15, 0.2) is 0 Å². The molecule has 2 atom stereocenters. The third-order valence-corrected chi connectivity index (χ3v) is 4.59. The minimum absolute atomic E-state index is 0.405. The third kappa shape index (κ3) is 4.73. The van der Waals surface area contributed by atoms with E-state index in [1.54, 1.807) is 0 Å². The zero-order valence-electron chi connectivity index (χ0n) is 12.9. The summed E-state index contributed by atoms with van der Waals surface area (Å²) in [6, 6.07) is 0. The van der Waals surface area contributed by atoms with Crippen LogP contribution in [0.3, 0.4) is 0 Å². The summed E-state index contributed by atoms with van der Waals surface area (Å²) in [5.74, 6) is 0.722. The Morgan fingerprint density at radius 3 is 2.53 bits per heavy atom. The van der Waals surface area contributed by atoms with Crippen molar-refractivity contribution in [2.24, 2.45) is 11.3 Å². The molecule has 2 fully saturated rings. The number of hydrogen-bond acceptors (Lipinski definition) is 3. The predicted molar refractivity (Wildman–Crippen MR) is 78.4 cm³/mol. The van der Waals surface area contributed by atoms with Gasteiger partial charge in [-0.1, -0.05) is 13.8 Å². The molecular weight excluding hydrogens is 238 g/mol. The summed E-state index contributed by atoms with van der Waals surface area (Å²) in [6.07, 6.45) is 7.01. The van der Waals surface area contributed by atoms with Gasteiger partial charge < -0.3 is 14.8 Å². The monoisotopic (exact) mass is 269 g/mol. The van der Waals surface area contributed by atoms with Crippen molar-refractivity contribution < 1.29 is 9.47 Å². The minimum Gasteiger partial charge on any atom is -0.381 e. The predicted octanol–water partition coefficient (Wildman–Crippen LogP) is 2.99. The highest BCUT2D eigenvalue weighted by Gasteiger charge is 2.37. The van der Waals surface area contributed by atoms with E-state index in [2.05, 4.69) is 26.1 Å². The van der Waals surface area contributed by atoms with Gasteiger partial charge in [-0.3, -0.25) is 0 Å². The molecular formula is C16H31NO2.